The number of aryl methyl sites for hydroxylation is 2. The van der Waals surface area contributed by atoms with E-state index in [0.29, 0.717) is 5.56 Å². The molecule has 3 heteroatoms. The standard InChI is InChI=1S/C17H18ClFO/c1-3-11-5-6-13(9-12(11)4-2)17(20)14-7-8-16(19)15(18)10-14/h5-10,17,20H,3-4H2,1-2H3. The van der Waals surface area contributed by atoms with E-state index in [4.69, 9.17) is 11.6 Å². The highest BCUT2D eigenvalue weighted by atomic mass is 35.5. The lowest BCUT2D eigenvalue weighted by atomic mass is 9.95. The van der Waals surface area contributed by atoms with Crippen LogP contribution in [0.4, 0.5) is 4.39 Å². The van der Waals surface area contributed by atoms with E-state index in [0.717, 1.165) is 18.4 Å². The second-order valence-electron chi connectivity index (χ2n) is 4.81. The van der Waals surface area contributed by atoms with Crippen molar-refractivity contribution in [3.05, 3.63) is 69.5 Å². The van der Waals surface area contributed by atoms with Crippen LogP contribution in [0.25, 0.3) is 0 Å². The van der Waals surface area contributed by atoms with E-state index in [-0.39, 0.29) is 5.02 Å². The molecule has 1 unspecified atom stereocenters. The lowest BCUT2D eigenvalue weighted by Gasteiger charge is -2.15. The minimum absolute atomic E-state index is 0.0300. The Morgan fingerprint density at radius 3 is 2.20 bits per heavy atom. The summed E-state index contributed by atoms with van der Waals surface area (Å²) >= 11 is 5.77. The molecule has 0 radical (unpaired) electrons. The molecule has 2 aromatic rings. The topological polar surface area (TPSA) is 20.2 Å². The third kappa shape index (κ3) is 3.02. The van der Waals surface area contributed by atoms with Gasteiger partial charge in [-0.15, -0.1) is 0 Å². The molecule has 2 rings (SSSR count). The highest BCUT2D eigenvalue weighted by Crippen LogP contribution is 2.27. The van der Waals surface area contributed by atoms with Crippen molar-refractivity contribution in [3.8, 4) is 0 Å². The smallest absolute Gasteiger partial charge is 0.141 e. The predicted molar refractivity (Wildman–Crippen MR) is 80.7 cm³/mol. The minimum Gasteiger partial charge on any atom is -0.384 e. The quantitative estimate of drug-likeness (QED) is 0.867. The number of aliphatic hydroxyl groups excluding tert-OH is 1. The Kier molecular flexibility index (Phi) is 4.79. The molecule has 0 aliphatic carbocycles. The summed E-state index contributed by atoms with van der Waals surface area (Å²) in [5.74, 6) is -0.474. The van der Waals surface area contributed by atoms with E-state index >= 15 is 0 Å². The lowest BCUT2D eigenvalue weighted by Crippen LogP contribution is -2.02. The first-order valence-electron chi connectivity index (χ1n) is 6.81. The predicted octanol–water partition coefficient (Wildman–Crippen LogP) is 4.69. The van der Waals surface area contributed by atoms with Gasteiger partial charge in [-0.3, -0.25) is 0 Å². The zero-order valence-corrected chi connectivity index (χ0v) is 12.4. The number of hydrogen-bond acceptors (Lipinski definition) is 1. The average molecular weight is 293 g/mol. The summed E-state index contributed by atoms with van der Waals surface area (Å²) in [6, 6.07) is 10.3. The Labute approximate surface area is 124 Å². The van der Waals surface area contributed by atoms with E-state index in [1.165, 1.54) is 23.3 Å². The van der Waals surface area contributed by atoms with Crippen LogP contribution >= 0.6 is 11.6 Å². The van der Waals surface area contributed by atoms with Gasteiger partial charge in [0.25, 0.3) is 0 Å². The maximum Gasteiger partial charge on any atom is 0.141 e. The van der Waals surface area contributed by atoms with Gasteiger partial charge in [0.15, 0.2) is 0 Å². The molecule has 0 heterocycles. The van der Waals surface area contributed by atoms with Gasteiger partial charge in [-0.1, -0.05) is 49.7 Å². The fourth-order valence-electron chi connectivity index (χ4n) is 2.36. The molecule has 1 nitrogen and oxygen atoms in total. The summed E-state index contributed by atoms with van der Waals surface area (Å²) < 4.78 is 13.2. The molecule has 0 aromatic heterocycles. The van der Waals surface area contributed by atoms with Gasteiger partial charge in [0.05, 0.1) is 5.02 Å². The van der Waals surface area contributed by atoms with E-state index in [1.54, 1.807) is 6.07 Å². The highest BCUT2D eigenvalue weighted by molar-refractivity contribution is 6.30. The molecule has 1 N–H and O–H groups in total. The maximum atomic E-state index is 13.2. The van der Waals surface area contributed by atoms with Crippen molar-refractivity contribution in [1.29, 1.82) is 0 Å². The number of benzene rings is 2. The fourth-order valence-corrected chi connectivity index (χ4v) is 2.55. The van der Waals surface area contributed by atoms with Gasteiger partial charge in [0.2, 0.25) is 0 Å². The number of rotatable bonds is 4. The molecule has 0 aliphatic heterocycles. The zero-order valence-electron chi connectivity index (χ0n) is 11.7. The molecule has 0 saturated heterocycles. The summed E-state index contributed by atoms with van der Waals surface area (Å²) in [7, 11) is 0. The second-order valence-corrected chi connectivity index (χ2v) is 5.22. The SMILES string of the molecule is CCc1ccc(C(O)c2ccc(F)c(Cl)c2)cc1CC. The molecule has 0 fully saturated rings. The zero-order chi connectivity index (χ0) is 14.7. The molecule has 2 aromatic carbocycles. The van der Waals surface area contributed by atoms with Gasteiger partial charge in [-0.25, -0.2) is 4.39 Å². The Hall–Kier alpha value is -1.38. The lowest BCUT2D eigenvalue weighted by molar-refractivity contribution is 0.220. The average Bonchev–Trinajstić information content (AvgIpc) is 2.48. The van der Waals surface area contributed by atoms with E-state index in [1.807, 2.05) is 18.2 Å². The van der Waals surface area contributed by atoms with Crippen molar-refractivity contribution in [2.45, 2.75) is 32.8 Å². The maximum absolute atomic E-state index is 13.2. The first-order valence-corrected chi connectivity index (χ1v) is 7.19. The Bertz CT molecular complexity index is 610. The fraction of sp³-hybridized carbons (Fsp3) is 0.294. The Balaban J connectivity index is 2.37. The first kappa shape index (κ1) is 15.0. The van der Waals surface area contributed by atoms with Gasteiger partial charge in [0, 0.05) is 0 Å². The van der Waals surface area contributed by atoms with Gasteiger partial charge in [-0.2, -0.15) is 0 Å². The summed E-state index contributed by atoms with van der Waals surface area (Å²) in [6.07, 6.45) is 1.11. The molecule has 0 bridgehead atoms. The first-order chi connectivity index (χ1) is 9.56. The summed E-state index contributed by atoms with van der Waals surface area (Å²) in [6.45, 7) is 4.21. The van der Waals surface area contributed by atoms with Crippen LogP contribution in [0, 0.1) is 5.82 Å². The summed E-state index contributed by atoms with van der Waals surface area (Å²) in [5, 5.41) is 10.4. The van der Waals surface area contributed by atoms with E-state index in [9.17, 15) is 9.50 Å². The van der Waals surface area contributed by atoms with Crippen LogP contribution in [0.3, 0.4) is 0 Å². The van der Waals surface area contributed by atoms with Crippen LogP contribution in [-0.4, -0.2) is 5.11 Å². The van der Waals surface area contributed by atoms with E-state index < -0.39 is 11.9 Å². The van der Waals surface area contributed by atoms with Crippen LogP contribution in [0.5, 0.6) is 0 Å². The van der Waals surface area contributed by atoms with Crippen molar-refractivity contribution in [2.24, 2.45) is 0 Å². The molecule has 20 heavy (non-hydrogen) atoms. The van der Waals surface area contributed by atoms with Gasteiger partial charge < -0.3 is 5.11 Å². The molecule has 0 aliphatic rings. The number of hydrogen-bond donors (Lipinski definition) is 1. The number of halogens is 2. The molecule has 106 valence electrons. The Morgan fingerprint density at radius 1 is 1.00 bits per heavy atom. The largest absolute Gasteiger partial charge is 0.384 e. The monoisotopic (exact) mass is 292 g/mol. The summed E-state index contributed by atoms with van der Waals surface area (Å²) in [4.78, 5) is 0. The van der Waals surface area contributed by atoms with Crippen molar-refractivity contribution in [3.63, 3.8) is 0 Å². The van der Waals surface area contributed by atoms with Crippen LogP contribution in [0.15, 0.2) is 36.4 Å². The highest BCUT2D eigenvalue weighted by Gasteiger charge is 2.13. The molecular formula is C17H18ClFO. The molecule has 0 spiro atoms. The third-order valence-corrected chi connectivity index (χ3v) is 3.86. The third-order valence-electron chi connectivity index (χ3n) is 3.57. The van der Waals surface area contributed by atoms with Gasteiger partial charge in [-0.05, 0) is 47.2 Å². The molecule has 1 atom stereocenters. The Morgan fingerprint density at radius 2 is 1.60 bits per heavy atom. The van der Waals surface area contributed by atoms with E-state index in [2.05, 4.69) is 13.8 Å². The molecule has 0 amide bonds. The minimum atomic E-state index is -0.788. The molecule has 0 saturated carbocycles. The van der Waals surface area contributed by atoms with Crippen LogP contribution in [-0.2, 0) is 12.8 Å². The second kappa shape index (κ2) is 6.38. The summed E-state index contributed by atoms with van der Waals surface area (Å²) in [5.41, 5.74) is 3.93. The van der Waals surface area contributed by atoms with Gasteiger partial charge >= 0.3 is 0 Å². The van der Waals surface area contributed by atoms with Crippen molar-refractivity contribution >= 4 is 11.6 Å². The van der Waals surface area contributed by atoms with Crippen molar-refractivity contribution in [2.75, 3.05) is 0 Å². The van der Waals surface area contributed by atoms with Crippen LogP contribution < -0.4 is 0 Å². The van der Waals surface area contributed by atoms with Crippen LogP contribution in [0.2, 0.25) is 5.02 Å². The van der Waals surface area contributed by atoms with Crippen molar-refractivity contribution in [1.82, 2.24) is 0 Å². The van der Waals surface area contributed by atoms with Crippen LogP contribution in [0.1, 0.15) is 42.2 Å². The van der Waals surface area contributed by atoms with Crippen molar-refractivity contribution < 1.29 is 9.50 Å². The molecular weight excluding hydrogens is 275 g/mol. The number of aliphatic hydroxyl groups is 1. The van der Waals surface area contributed by atoms with Gasteiger partial charge in [0.1, 0.15) is 11.9 Å². The normalized spacial score (nSPS) is 12.4.